The van der Waals surface area contributed by atoms with E-state index < -0.39 is 11.0 Å². The molecule has 0 aliphatic carbocycles. The zero-order chi connectivity index (χ0) is 14.7. The first kappa shape index (κ1) is 14.4. The number of benzene rings is 1. The molecule has 6 nitrogen and oxygen atoms in total. The number of ether oxygens (including phenoxy) is 1. The molecule has 0 fully saturated rings. The van der Waals surface area contributed by atoms with Crippen molar-refractivity contribution in [3.63, 3.8) is 0 Å². The van der Waals surface area contributed by atoms with Crippen LogP contribution in [0.15, 0.2) is 30.3 Å². The van der Waals surface area contributed by atoms with Crippen molar-refractivity contribution >= 4 is 17.0 Å². The van der Waals surface area contributed by atoms with E-state index in [-0.39, 0.29) is 17.4 Å². The Morgan fingerprint density at radius 3 is 2.75 bits per heavy atom. The van der Waals surface area contributed by atoms with Gasteiger partial charge in [0.05, 0.1) is 17.6 Å². The average Bonchev–Trinajstić information content (AvgIpc) is 2.84. The molecule has 1 aromatic carbocycles. The van der Waals surface area contributed by atoms with E-state index in [4.69, 9.17) is 4.74 Å². The Kier molecular flexibility index (Phi) is 4.33. The van der Waals surface area contributed by atoms with Crippen LogP contribution in [-0.2, 0) is 6.61 Å². The minimum atomic E-state index is -0.802. The van der Waals surface area contributed by atoms with E-state index >= 15 is 0 Å². The molecule has 0 aliphatic heterocycles. The number of rotatable bonds is 5. The number of nitrogens with zero attached hydrogens (tertiary/aromatic N) is 1. The van der Waals surface area contributed by atoms with Gasteiger partial charge in [0.25, 0.3) is 5.06 Å². The summed E-state index contributed by atoms with van der Waals surface area (Å²) in [5.74, 6) is 0.358. The summed E-state index contributed by atoms with van der Waals surface area (Å²) in [6, 6.07) is 8.04. The van der Waals surface area contributed by atoms with Crippen LogP contribution in [0.1, 0.15) is 23.5 Å². The Labute approximate surface area is 119 Å². The molecule has 1 atom stereocenters. The lowest BCUT2D eigenvalue weighted by molar-refractivity contribution is -0.385. The van der Waals surface area contributed by atoms with Crippen molar-refractivity contribution in [1.82, 2.24) is 0 Å². The van der Waals surface area contributed by atoms with Crippen molar-refractivity contribution in [1.29, 1.82) is 0 Å². The second kappa shape index (κ2) is 6.00. The van der Waals surface area contributed by atoms with Gasteiger partial charge in [0.15, 0.2) is 0 Å². The summed E-state index contributed by atoms with van der Waals surface area (Å²) in [5.41, 5.74) is 0.340. The molecule has 0 bridgehead atoms. The summed E-state index contributed by atoms with van der Waals surface area (Å²) in [4.78, 5) is 10.9. The molecule has 0 saturated carbocycles. The lowest BCUT2D eigenvalue weighted by atomic mass is 10.2. The Hall–Kier alpha value is -1.96. The summed E-state index contributed by atoms with van der Waals surface area (Å²) < 4.78 is 5.53. The van der Waals surface area contributed by atoms with Crippen LogP contribution in [0.4, 0.5) is 5.69 Å². The minimum absolute atomic E-state index is 0.0896. The molecular formula is C13H13NO5S. The molecule has 0 unspecified atom stereocenters. The van der Waals surface area contributed by atoms with E-state index in [1.165, 1.54) is 13.0 Å². The summed E-state index contributed by atoms with van der Waals surface area (Å²) in [6.07, 6.45) is -0.802. The third-order valence-electron chi connectivity index (χ3n) is 2.65. The van der Waals surface area contributed by atoms with E-state index in [1.54, 1.807) is 24.3 Å². The predicted octanol–water partition coefficient (Wildman–Crippen LogP) is 2.99. The van der Waals surface area contributed by atoms with Crippen molar-refractivity contribution in [2.24, 2.45) is 0 Å². The number of hydrogen-bond donors (Lipinski definition) is 2. The average molecular weight is 295 g/mol. The number of aliphatic hydroxyl groups is 2. The zero-order valence-electron chi connectivity index (χ0n) is 10.6. The lowest BCUT2D eigenvalue weighted by Gasteiger charge is -2.07. The predicted molar refractivity (Wildman–Crippen MR) is 74.0 cm³/mol. The fraction of sp³-hybridized carbons (Fsp3) is 0.231. The largest absolute Gasteiger partial charge is 0.440 e. The maximum absolute atomic E-state index is 11.0. The van der Waals surface area contributed by atoms with Gasteiger partial charge in [-0.2, -0.15) is 0 Å². The first-order chi connectivity index (χ1) is 9.52. The summed E-state index contributed by atoms with van der Waals surface area (Å²) >= 11 is 1.01. The zero-order valence-corrected chi connectivity index (χ0v) is 11.5. The highest BCUT2D eigenvalue weighted by molar-refractivity contribution is 7.14. The third kappa shape index (κ3) is 2.96. The van der Waals surface area contributed by atoms with Gasteiger partial charge in [0.1, 0.15) is 5.75 Å². The second-order valence-electron chi connectivity index (χ2n) is 4.12. The molecule has 1 heterocycles. The Balaban J connectivity index is 2.39. The molecule has 0 radical (unpaired) electrons. The molecule has 2 aromatic rings. The van der Waals surface area contributed by atoms with Gasteiger partial charge >= 0.3 is 5.69 Å². The summed E-state index contributed by atoms with van der Waals surface area (Å²) in [7, 11) is 0. The number of nitro groups is 1. The number of thiophene rings is 1. The molecule has 0 amide bonds. The monoisotopic (exact) mass is 295 g/mol. The standard InChI is InChI=1S/C13H13NO5S/c1-8(16)12-6-10(14(17)18)13(20-12)19-11-5-3-2-4-9(11)7-15/h2-6,8,15-16H,7H2,1H3/t8-/m0/s1. The van der Waals surface area contributed by atoms with Crippen molar-refractivity contribution < 1.29 is 19.9 Å². The Morgan fingerprint density at radius 2 is 2.15 bits per heavy atom. The molecule has 0 spiro atoms. The molecule has 7 heteroatoms. The number of para-hydroxylation sites is 1. The second-order valence-corrected chi connectivity index (χ2v) is 5.17. The first-order valence-corrected chi connectivity index (χ1v) is 6.67. The molecule has 2 N–H and O–H groups in total. The first-order valence-electron chi connectivity index (χ1n) is 5.85. The van der Waals surface area contributed by atoms with Gasteiger partial charge in [-0.25, -0.2) is 0 Å². The van der Waals surface area contributed by atoms with Crippen LogP contribution in [-0.4, -0.2) is 15.1 Å². The van der Waals surface area contributed by atoms with Crippen molar-refractivity contribution in [2.45, 2.75) is 19.6 Å². The highest BCUT2D eigenvalue weighted by Gasteiger charge is 2.23. The van der Waals surface area contributed by atoms with Crippen molar-refractivity contribution in [3.05, 3.63) is 50.9 Å². The highest BCUT2D eigenvalue weighted by Crippen LogP contribution is 2.42. The van der Waals surface area contributed by atoms with Crippen LogP contribution in [0, 0.1) is 10.1 Å². The van der Waals surface area contributed by atoms with Gasteiger partial charge in [-0.1, -0.05) is 29.5 Å². The fourth-order valence-electron chi connectivity index (χ4n) is 1.62. The maximum Gasteiger partial charge on any atom is 0.323 e. The summed E-state index contributed by atoms with van der Waals surface area (Å²) in [5, 5.41) is 29.8. The maximum atomic E-state index is 11.0. The van der Waals surface area contributed by atoms with E-state index in [9.17, 15) is 20.3 Å². The Morgan fingerprint density at radius 1 is 1.45 bits per heavy atom. The summed E-state index contributed by atoms with van der Waals surface area (Å²) in [6.45, 7) is 1.31. The lowest BCUT2D eigenvalue weighted by Crippen LogP contribution is -1.92. The SMILES string of the molecule is C[C@H](O)c1cc([N+](=O)[O-])c(Oc2ccccc2CO)s1. The smallest absolute Gasteiger partial charge is 0.323 e. The highest BCUT2D eigenvalue weighted by atomic mass is 32.1. The molecule has 2 rings (SSSR count). The van der Waals surface area contributed by atoms with Gasteiger partial charge < -0.3 is 14.9 Å². The number of aliphatic hydroxyl groups excluding tert-OH is 2. The molecule has 20 heavy (non-hydrogen) atoms. The van der Waals surface area contributed by atoms with E-state index in [1.807, 2.05) is 0 Å². The van der Waals surface area contributed by atoms with E-state index in [0.29, 0.717) is 16.2 Å². The van der Waals surface area contributed by atoms with Crippen LogP contribution in [0.2, 0.25) is 0 Å². The van der Waals surface area contributed by atoms with Gasteiger partial charge in [-0.05, 0) is 13.0 Å². The van der Waals surface area contributed by atoms with Gasteiger partial charge in [-0.3, -0.25) is 10.1 Å². The topological polar surface area (TPSA) is 92.8 Å². The molecular weight excluding hydrogens is 282 g/mol. The minimum Gasteiger partial charge on any atom is -0.440 e. The van der Waals surface area contributed by atoms with Crippen LogP contribution >= 0.6 is 11.3 Å². The van der Waals surface area contributed by atoms with Crippen LogP contribution in [0.5, 0.6) is 10.8 Å². The number of hydrogen-bond acceptors (Lipinski definition) is 6. The molecule has 1 aromatic heterocycles. The Bertz CT molecular complexity index is 623. The van der Waals surface area contributed by atoms with Crippen LogP contribution in [0.3, 0.4) is 0 Å². The van der Waals surface area contributed by atoms with Crippen molar-refractivity contribution in [2.75, 3.05) is 0 Å². The molecule has 0 saturated heterocycles. The normalized spacial score (nSPS) is 12.2. The van der Waals surface area contributed by atoms with Gasteiger partial charge in [-0.15, -0.1) is 0 Å². The van der Waals surface area contributed by atoms with Gasteiger partial charge in [0.2, 0.25) is 0 Å². The van der Waals surface area contributed by atoms with E-state index in [2.05, 4.69) is 0 Å². The third-order valence-corrected chi connectivity index (χ3v) is 3.83. The quantitative estimate of drug-likeness (QED) is 0.653. The molecule has 106 valence electrons. The van der Waals surface area contributed by atoms with E-state index in [0.717, 1.165) is 11.3 Å². The van der Waals surface area contributed by atoms with Crippen molar-refractivity contribution in [3.8, 4) is 10.8 Å². The van der Waals surface area contributed by atoms with Crippen LogP contribution in [0.25, 0.3) is 0 Å². The van der Waals surface area contributed by atoms with Crippen LogP contribution < -0.4 is 4.74 Å². The fourth-order valence-corrected chi connectivity index (χ4v) is 2.55. The molecule has 0 aliphatic rings. The van der Waals surface area contributed by atoms with Gasteiger partial charge in [0, 0.05) is 16.5 Å².